The molecule has 0 amide bonds. The molecule has 0 aliphatic carbocycles. The SMILES string of the molecule is C[C@@H]1CN(c2c(CO[Si](c3ccccc3)(c3ccccc3)C(C)(C)C)cc(C(=O)C(F)F)c(F)c2F)C[C@H](C)O1. The molecule has 1 aliphatic rings. The number of alkyl halides is 2. The molecule has 0 aromatic heterocycles. The lowest BCUT2D eigenvalue weighted by molar-refractivity contribution is -0.00553. The van der Waals surface area contributed by atoms with E-state index >= 15 is 8.78 Å². The van der Waals surface area contributed by atoms with E-state index in [9.17, 15) is 13.6 Å². The summed E-state index contributed by atoms with van der Waals surface area (Å²) in [6, 6.07) is 20.5. The number of carbonyl (C=O) groups is 1. The van der Waals surface area contributed by atoms with E-state index in [1.54, 1.807) is 4.90 Å². The van der Waals surface area contributed by atoms with Crippen LogP contribution in [-0.2, 0) is 15.8 Å². The smallest absolute Gasteiger partial charge is 0.300 e. The van der Waals surface area contributed by atoms with E-state index in [-0.39, 0.29) is 43.2 Å². The average Bonchev–Trinajstić information content (AvgIpc) is 2.90. The highest BCUT2D eigenvalue weighted by Crippen LogP contribution is 2.39. The van der Waals surface area contributed by atoms with Gasteiger partial charge in [0.2, 0.25) is 5.78 Å². The Bertz CT molecular complexity index is 1280. The summed E-state index contributed by atoms with van der Waals surface area (Å²) in [5.41, 5.74) is -0.938. The van der Waals surface area contributed by atoms with Gasteiger partial charge in [0.05, 0.1) is 30.1 Å². The van der Waals surface area contributed by atoms with E-state index in [0.717, 1.165) is 16.4 Å². The highest BCUT2D eigenvalue weighted by molar-refractivity contribution is 6.99. The predicted molar refractivity (Wildman–Crippen MR) is 151 cm³/mol. The molecule has 40 heavy (non-hydrogen) atoms. The van der Waals surface area contributed by atoms with Crippen LogP contribution in [0.25, 0.3) is 0 Å². The summed E-state index contributed by atoms with van der Waals surface area (Å²) >= 11 is 0. The van der Waals surface area contributed by atoms with E-state index in [4.69, 9.17) is 9.16 Å². The van der Waals surface area contributed by atoms with Crippen molar-refractivity contribution >= 4 is 30.2 Å². The lowest BCUT2D eigenvalue weighted by Crippen LogP contribution is -2.66. The Morgan fingerprint density at radius 1 is 0.950 bits per heavy atom. The van der Waals surface area contributed by atoms with Crippen molar-refractivity contribution < 1.29 is 31.5 Å². The third-order valence-corrected chi connectivity index (χ3v) is 12.3. The zero-order valence-electron chi connectivity index (χ0n) is 23.4. The number of hydrogen-bond donors (Lipinski definition) is 0. The standard InChI is InChI=1S/C31H35F4NO3Si/c1-20-17-36(18-21(2)39-20)28-22(16-25(26(32)27(28)33)29(37)30(34)35)19-38-40(31(3,4)5,23-12-8-6-9-13-23)24-14-10-7-11-15-24/h6-16,20-21,30H,17-19H2,1-5H3/t20-,21+. The molecule has 0 spiro atoms. The second kappa shape index (κ2) is 11.8. The molecular weight excluding hydrogens is 538 g/mol. The fourth-order valence-corrected chi connectivity index (χ4v) is 10.3. The summed E-state index contributed by atoms with van der Waals surface area (Å²) in [5.74, 6) is -4.69. The van der Waals surface area contributed by atoms with Crippen molar-refractivity contribution in [2.75, 3.05) is 18.0 Å². The summed E-state index contributed by atoms with van der Waals surface area (Å²) in [6.45, 7) is 10.2. The molecule has 1 fully saturated rings. The number of Topliss-reactive ketones (excluding diaryl/α,β-unsaturated/α-hetero) is 1. The van der Waals surface area contributed by atoms with Gasteiger partial charge in [0, 0.05) is 18.7 Å². The molecule has 0 unspecified atom stereocenters. The van der Waals surface area contributed by atoms with E-state index in [0.29, 0.717) is 0 Å². The molecule has 0 saturated carbocycles. The molecular formula is C31H35F4NO3Si. The molecule has 3 aromatic rings. The molecule has 1 saturated heterocycles. The highest BCUT2D eigenvalue weighted by atomic mass is 28.4. The average molecular weight is 574 g/mol. The summed E-state index contributed by atoms with van der Waals surface area (Å²) in [4.78, 5) is 13.9. The third-order valence-electron chi connectivity index (χ3n) is 7.32. The van der Waals surface area contributed by atoms with Gasteiger partial charge < -0.3 is 14.1 Å². The Kier molecular flexibility index (Phi) is 8.87. The number of ketones is 1. The van der Waals surface area contributed by atoms with Gasteiger partial charge in [-0.05, 0) is 35.3 Å². The van der Waals surface area contributed by atoms with Gasteiger partial charge in [-0.15, -0.1) is 0 Å². The molecule has 0 radical (unpaired) electrons. The molecule has 214 valence electrons. The van der Waals surface area contributed by atoms with Gasteiger partial charge in [-0.3, -0.25) is 4.79 Å². The predicted octanol–water partition coefficient (Wildman–Crippen LogP) is 6.10. The molecule has 1 heterocycles. The van der Waals surface area contributed by atoms with Crippen molar-refractivity contribution in [1.82, 2.24) is 0 Å². The van der Waals surface area contributed by atoms with Crippen molar-refractivity contribution in [3.8, 4) is 0 Å². The Labute approximate surface area is 234 Å². The maximum absolute atomic E-state index is 15.8. The molecule has 4 nitrogen and oxygen atoms in total. The zero-order valence-corrected chi connectivity index (χ0v) is 24.4. The van der Waals surface area contributed by atoms with Crippen molar-refractivity contribution in [2.24, 2.45) is 0 Å². The number of ether oxygens (including phenoxy) is 1. The van der Waals surface area contributed by atoms with Crippen LogP contribution in [0.4, 0.5) is 23.2 Å². The number of anilines is 1. The normalized spacial score (nSPS) is 18.3. The number of halogens is 4. The van der Waals surface area contributed by atoms with Crippen LogP contribution in [0.2, 0.25) is 5.04 Å². The van der Waals surface area contributed by atoms with Crippen molar-refractivity contribution in [3.63, 3.8) is 0 Å². The lowest BCUT2D eigenvalue weighted by Gasteiger charge is -2.43. The first-order valence-corrected chi connectivity index (χ1v) is 15.3. The number of morpholine rings is 1. The fraction of sp³-hybridized carbons (Fsp3) is 0.387. The molecule has 3 aromatic carbocycles. The lowest BCUT2D eigenvalue weighted by atomic mass is 10.0. The zero-order chi connectivity index (χ0) is 29.2. The minimum atomic E-state index is -3.48. The van der Waals surface area contributed by atoms with E-state index < -0.39 is 42.8 Å². The number of hydrogen-bond acceptors (Lipinski definition) is 4. The van der Waals surface area contributed by atoms with Crippen LogP contribution >= 0.6 is 0 Å². The number of carbonyl (C=O) groups excluding carboxylic acids is 1. The summed E-state index contributed by atoms with van der Waals surface area (Å²) in [5, 5.41) is 1.52. The van der Waals surface area contributed by atoms with Crippen LogP contribution in [0.3, 0.4) is 0 Å². The molecule has 9 heteroatoms. The molecule has 4 rings (SSSR count). The molecule has 1 aliphatic heterocycles. The van der Waals surface area contributed by atoms with Gasteiger partial charge >= 0.3 is 6.43 Å². The van der Waals surface area contributed by atoms with Crippen LogP contribution in [0.1, 0.15) is 50.5 Å². The molecule has 2 atom stereocenters. The maximum Gasteiger partial charge on any atom is 0.300 e. The van der Waals surface area contributed by atoms with Crippen molar-refractivity contribution in [2.45, 2.75) is 64.9 Å². The Hall–Kier alpha value is -3.01. The first kappa shape index (κ1) is 30.0. The summed E-state index contributed by atoms with van der Waals surface area (Å²) < 4.78 is 70.5. The van der Waals surface area contributed by atoms with Crippen LogP contribution in [0.15, 0.2) is 66.7 Å². The first-order chi connectivity index (χ1) is 18.9. The largest absolute Gasteiger partial charge is 0.403 e. The van der Waals surface area contributed by atoms with Gasteiger partial charge in [0.1, 0.15) is 0 Å². The van der Waals surface area contributed by atoms with Crippen LogP contribution in [-0.4, -0.2) is 45.8 Å². The quantitative estimate of drug-likeness (QED) is 0.185. The van der Waals surface area contributed by atoms with Gasteiger partial charge in [-0.1, -0.05) is 81.4 Å². The second-order valence-electron chi connectivity index (χ2n) is 11.3. The highest BCUT2D eigenvalue weighted by Gasteiger charge is 2.50. The number of rotatable bonds is 8. The summed E-state index contributed by atoms with van der Waals surface area (Å²) in [7, 11) is -3.12. The van der Waals surface area contributed by atoms with Crippen molar-refractivity contribution in [1.29, 1.82) is 0 Å². The Balaban J connectivity index is 1.90. The van der Waals surface area contributed by atoms with E-state index in [2.05, 4.69) is 20.8 Å². The van der Waals surface area contributed by atoms with Gasteiger partial charge in [-0.25, -0.2) is 17.6 Å². The van der Waals surface area contributed by atoms with E-state index in [1.807, 2.05) is 74.5 Å². The van der Waals surface area contributed by atoms with Crippen molar-refractivity contribution in [3.05, 3.63) is 89.5 Å². The Morgan fingerprint density at radius 2 is 1.45 bits per heavy atom. The van der Waals surface area contributed by atoms with E-state index in [1.165, 1.54) is 0 Å². The molecule has 0 N–H and O–H groups in total. The van der Waals surface area contributed by atoms with Gasteiger partial charge in [0.25, 0.3) is 8.32 Å². The van der Waals surface area contributed by atoms with Crippen LogP contribution < -0.4 is 15.3 Å². The third kappa shape index (κ3) is 5.73. The maximum atomic E-state index is 15.8. The minimum absolute atomic E-state index is 0.0942. The monoisotopic (exact) mass is 573 g/mol. The first-order valence-electron chi connectivity index (χ1n) is 13.4. The fourth-order valence-electron chi connectivity index (χ4n) is 5.73. The Morgan fingerprint density at radius 3 is 1.90 bits per heavy atom. The van der Waals surface area contributed by atoms with Crippen LogP contribution in [0.5, 0.6) is 0 Å². The summed E-state index contributed by atoms with van der Waals surface area (Å²) in [6.07, 6.45) is -4.04. The molecule has 0 bridgehead atoms. The van der Waals surface area contributed by atoms with Gasteiger partial charge in [0.15, 0.2) is 11.6 Å². The topological polar surface area (TPSA) is 38.8 Å². The number of nitrogens with zero attached hydrogens (tertiary/aromatic N) is 1. The second-order valence-corrected chi connectivity index (χ2v) is 15.6. The van der Waals surface area contributed by atoms with Gasteiger partial charge in [-0.2, -0.15) is 0 Å². The number of benzene rings is 3. The minimum Gasteiger partial charge on any atom is -0.403 e. The van der Waals surface area contributed by atoms with Crippen LogP contribution in [0, 0.1) is 11.6 Å².